The third-order valence-corrected chi connectivity index (χ3v) is 2.35. The lowest BCUT2D eigenvalue weighted by atomic mass is 10.1. The molecule has 0 aliphatic rings. The van der Waals surface area contributed by atoms with Crippen LogP contribution in [-0.2, 0) is 0 Å². The first-order chi connectivity index (χ1) is 7.18. The molecule has 4 heteroatoms. The zero-order valence-corrected chi connectivity index (χ0v) is 9.05. The molecular weight excluding hydrogens is 264 g/mol. The van der Waals surface area contributed by atoms with E-state index in [0.29, 0.717) is 0 Å². The first kappa shape index (κ1) is 10.2. The highest BCUT2D eigenvalue weighted by atomic mass is 79.9. The number of halogens is 3. The molecule has 0 N–H and O–H groups in total. The molecule has 0 bridgehead atoms. The summed E-state index contributed by atoms with van der Waals surface area (Å²) in [5.74, 6) is -1.37. The van der Waals surface area contributed by atoms with E-state index in [1.54, 1.807) is 12.1 Å². The van der Waals surface area contributed by atoms with Gasteiger partial charge in [0.25, 0.3) is 0 Å². The lowest BCUT2D eigenvalue weighted by Crippen LogP contribution is -1.92. The minimum Gasteiger partial charge on any atom is -0.255 e. The fraction of sp³-hybridized carbons (Fsp3) is 0. The fourth-order valence-corrected chi connectivity index (χ4v) is 1.44. The van der Waals surface area contributed by atoms with Gasteiger partial charge in [-0.2, -0.15) is 0 Å². The van der Waals surface area contributed by atoms with E-state index in [9.17, 15) is 8.78 Å². The van der Waals surface area contributed by atoms with Crippen LogP contribution in [0.5, 0.6) is 0 Å². The van der Waals surface area contributed by atoms with Gasteiger partial charge in [-0.1, -0.05) is 0 Å². The molecular formula is C11H5BrF2N. The number of hydrogen-bond donors (Lipinski definition) is 0. The molecule has 0 aliphatic carbocycles. The highest BCUT2D eigenvalue weighted by Gasteiger charge is 2.11. The van der Waals surface area contributed by atoms with Gasteiger partial charge < -0.3 is 0 Å². The van der Waals surface area contributed by atoms with E-state index in [1.165, 1.54) is 12.3 Å². The van der Waals surface area contributed by atoms with E-state index in [-0.39, 0.29) is 11.3 Å². The van der Waals surface area contributed by atoms with Crippen molar-refractivity contribution in [3.8, 4) is 11.3 Å². The van der Waals surface area contributed by atoms with Gasteiger partial charge in [0.1, 0.15) is 11.6 Å². The van der Waals surface area contributed by atoms with E-state index in [1.807, 2.05) is 0 Å². The number of nitrogens with zero attached hydrogens (tertiary/aromatic N) is 1. The van der Waals surface area contributed by atoms with Crippen LogP contribution in [0.15, 0.2) is 34.9 Å². The average molecular weight is 269 g/mol. The lowest BCUT2D eigenvalue weighted by molar-refractivity contribution is 0.587. The Balaban J connectivity index is 2.58. The summed E-state index contributed by atoms with van der Waals surface area (Å²) in [6, 6.07) is 7.87. The first-order valence-corrected chi connectivity index (χ1v) is 4.95. The number of pyridine rings is 1. The van der Waals surface area contributed by atoms with Crippen LogP contribution in [0.4, 0.5) is 8.78 Å². The van der Waals surface area contributed by atoms with Crippen LogP contribution < -0.4 is 0 Å². The van der Waals surface area contributed by atoms with Gasteiger partial charge in [-0.25, -0.2) is 8.78 Å². The molecule has 0 amide bonds. The summed E-state index contributed by atoms with van der Waals surface area (Å²) in [7, 11) is 0. The van der Waals surface area contributed by atoms with Gasteiger partial charge >= 0.3 is 0 Å². The van der Waals surface area contributed by atoms with E-state index in [0.717, 1.165) is 10.5 Å². The molecule has 1 aromatic carbocycles. The lowest BCUT2D eigenvalue weighted by Gasteiger charge is -2.03. The Morgan fingerprint density at radius 2 is 2.00 bits per heavy atom. The highest BCUT2D eigenvalue weighted by molar-refractivity contribution is 9.10. The molecule has 0 atom stereocenters. The molecule has 15 heavy (non-hydrogen) atoms. The summed E-state index contributed by atoms with van der Waals surface area (Å²) in [6.07, 6.45) is 1.49. The molecule has 1 nitrogen and oxygen atoms in total. The highest BCUT2D eigenvalue weighted by Crippen LogP contribution is 2.24. The van der Waals surface area contributed by atoms with E-state index >= 15 is 0 Å². The molecule has 1 radical (unpaired) electrons. The normalized spacial score (nSPS) is 10.3. The van der Waals surface area contributed by atoms with Gasteiger partial charge in [-0.3, -0.25) is 4.98 Å². The maximum atomic E-state index is 13.3. The van der Waals surface area contributed by atoms with Crippen molar-refractivity contribution in [3.05, 3.63) is 52.6 Å². The van der Waals surface area contributed by atoms with Crippen molar-refractivity contribution < 1.29 is 8.78 Å². The van der Waals surface area contributed by atoms with E-state index in [2.05, 4.69) is 27.0 Å². The van der Waals surface area contributed by atoms with Gasteiger partial charge in [0, 0.05) is 16.7 Å². The maximum absolute atomic E-state index is 13.3. The van der Waals surface area contributed by atoms with Crippen molar-refractivity contribution >= 4 is 15.9 Å². The maximum Gasteiger partial charge on any atom is 0.143 e. The topological polar surface area (TPSA) is 12.9 Å². The summed E-state index contributed by atoms with van der Waals surface area (Å²) < 4.78 is 27.4. The van der Waals surface area contributed by atoms with Crippen molar-refractivity contribution in [1.29, 1.82) is 0 Å². The molecule has 0 saturated heterocycles. The second-order valence-electron chi connectivity index (χ2n) is 2.88. The number of hydrogen-bond acceptors (Lipinski definition) is 1. The summed E-state index contributed by atoms with van der Waals surface area (Å²) in [4.78, 5) is 3.92. The molecule has 0 unspecified atom stereocenters. The standard InChI is InChI=1S/C11H5BrF2N/c12-7-4-5-10(15-6-7)11-8(13)2-1-3-9(11)14/h1-2,4-6H. The zero-order valence-electron chi connectivity index (χ0n) is 7.47. The molecule has 0 aliphatic heterocycles. The quantitative estimate of drug-likeness (QED) is 0.770. The minimum absolute atomic E-state index is 0.148. The fourth-order valence-electron chi connectivity index (χ4n) is 1.21. The summed E-state index contributed by atoms with van der Waals surface area (Å²) in [6.45, 7) is 0. The molecule has 1 aromatic heterocycles. The first-order valence-electron chi connectivity index (χ1n) is 4.16. The number of aromatic nitrogens is 1. The van der Waals surface area contributed by atoms with Crippen LogP contribution in [0.3, 0.4) is 0 Å². The van der Waals surface area contributed by atoms with Gasteiger partial charge in [0.05, 0.1) is 11.3 Å². The van der Waals surface area contributed by atoms with Crippen molar-refractivity contribution in [2.24, 2.45) is 0 Å². The Morgan fingerprint density at radius 1 is 1.20 bits per heavy atom. The third-order valence-electron chi connectivity index (χ3n) is 1.88. The van der Waals surface area contributed by atoms with Crippen LogP contribution in [0, 0.1) is 17.7 Å². The van der Waals surface area contributed by atoms with Gasteiger partial charge in [0.2, 0.25) is 0 Å². The molecule has 75 valence electrons. The van der Waals surface area contributed by atoms with Crippen LogP contribution in [0.2, 0.25) is 0 Å². The Labute approximate surface area is 93.9 Å². The Hall–Kier alpha value is -1.29. The van der Waals surface area contributed by atoms with E-state index in [4.69, 9.17) is 0 Å². The van der Waals surface area contributed by atoms with Gasteiger partial charge in [0.15, 0.2) is 0 Å². The summed E-state index contributed by atoms with van der Waals surface area (Å²) in [5, 5.41) is 0. The van der Waals surface area contributed by atoms with Crippen LogP contribution >= 0.6 is 15.9 Å². The van der Waals surface area contributed by atoms with Crippen LogP contribution in [0.25, 0.3) is 11.3 Å². The van der Waals surface area contributed by atoms with Gasteiger partial charge in [-0.15, -0.1) is 0 Å². The number of benzene rings is 1. The van der Waals surface area contributed by atoms with Crippen molar-refractivity contribution in [1.82, 2.24) is 4.98 Å². The summed E-state index contributed by atoms with van der Waals surface area (Å²) >= 11 is 3.20. The predicted octanol–water partition coefficient (Wildman–Crippen LogP) is 3.59. The summed E-state index contributed by atoms with van der Waals surface area (Å²) in [5.41, 5.74) is 0.107. The Bertz CT molecular complexity index is 462. The van der Waals surface area contributed by atoms with Crippen molar-refractivity contribution in [2.75, 3.05) is 0 Å². The average Bonchev–Trinajstić information content (AvgIpc) is 2.20. The molecule has 0 saturated carbocycles. The molecule has 2 aromatic rings. The molecule has 2 rings (SSSR count). The van der Waals surface area contributed by atoms with Crippen LogP contribution in [0.1, 0.15) is 0 Å². The SMILES string of the molecule is Fc1[c]ccc(F)c1-c1ccc(Br)cn1. The second-order valence-corrected chi connectivity index (χ2v) is 3.79. The van der Waals surface area contributed by atoms with E-state index < -0.39 is 11.6 Å². The molecule has 1 heterocycles. The third kappa shape index (κ3) is 2.04. The monoisotopic (exact) mass is 268 g/mol. The van der Waals surface area contributed by atoms with Crippen molar-refractivity contribution in [3.63, 3.8) is 0 Å². The Morgan fingerprint density at radius 3 is 2.60 bits per heavy atom. The predicted molar refractivity (Wildman–Crippen MR) is 56.1 cm³/mol. The molecule has 0 spiro atoms. The minimum atomic E-state index is -0.732. The van der Waals surface area contributed by atoms with Crippen LogP contribution in [-0.4, -0.2) is 4.98 Å². The number of rotatable bonds is 1. The van der Waals surface area contributed by atoms with Gasteiger partial charge in [-0.05, 0) is 40.2 Å². The zero-order chi connectivity index (χ0) is 10.8. The smallest absolute Gasteiger partial charge is 0.143 e. The van der Waals surface area contributed by atoms with Crippen molar-refractivity contribution in [2.45, 2.75) is 0 Å². The second kappa shape index (κ2) is 4.06. The largest absolute Gasteiger partial charge is 0.255 e. The Kier molecular flexibility index (Phi) is 2.77. The molecule has 0 fully saturated rings.